The van der Waals surface area contributed by atoms with Gasteiger partial charge in [0.05, 0.1) is 18.4 Å². The van der Waals surface area contributed by atoms with E-state index in [9.17, 15) is 0 Å². The predicted molar refractivity (Wildman–Crippen MR) is 81.1 cm³/mol. The molecule has 0 aliphatic heterocycles. The molecule has 22 heavy (non-hydrogen) atoms. The van der Waals surface area contributed by atoms with Gasteiger partial charge in [0.1, 0.15) is 5.76 Å². The Bertz CT molecular complexity index is 766. The van der Waals surface area contributed by atoms with E-state index in [1.807, 2.05) is 44.2 Å². The van der Waals surface area contributed by atoms with Gasteiger partial charge >= 0.3 is 6.01 Å². The topological polar surface area (TPSA) is 86.0 Å². The summed E-state index contributed by atoms with van der Waals surface area (Å²) in [5.74, 6) is 1.51. The Morgan fingerprint density at radius 2 is 1.82 bits per heavy atom. The second-order valence-electron chi connectivity index (χ2n) is 4.66. The van der Waals surface area contributed by atoms with Crippen LogP contribution in [0.1, 0.15) is 11.5 Å². The largest absolute Gasteiger partial charge is 0.467 e. The molecule has 0 atom stereocenters. The van der Waals surface area contributed by atoms with E-state index in [0.717, 1.165) is 16.9 Å². The van der Waals surface area contributed by atoms with Crippen LogP contribution in [0, 0.1) is 13.8 Å². The molecule has 0 radical (unpaired) electrons. The molecule has 0 aliphatic rings. The summed E-state index contributed by atoms with van der Waals surface area (Å²) in [7, 11) is 1.51. The van der Waals surface area contributed by atoms with Crippen LogP contribution in [0.3, 0.4) is 0 Å². The highest BCUT2D eigenvalue weighted by Crippen LogP contribution is 2.26. The number of nitrogens with zero attached hydrogens (tertiary/aromatic N) is 4. The van der Waals surface area contributed by atoms with Crippen LogP contribution in [0.4, 0.5) is 11.6 Å². The summed E-state index contributed by atoms with van der Waals surface area (Å²) in [5, 5.41) is 7.05. The minimum Gasteiger partial charge on any atom is -0.467 e. The normalized spacial score (nSPS) is 10.5. The summed E-state index contributed by atoms with van der Waals surface area (Å²) < 4.78 is 10.3. The fourth-order valence-corrected chi connectivity index (χ4v) is 2.07. The predicted octanol–water partition coefficient (Wildman–Crippen LogP) is 2.90. The average molecular weight is 297 g/mol. The molecule has 2 heterocycles. The van der Waals surface area contributed by atoms with Crippen molar-refractivity contribution in [1.29, 1.82) is 0 Å². The SMILES string of the molecule is COc1nc(Nc2ccccc2)nc(-c2c(C)noc2C)n1. The van der Waals surface area contributed by atoms with Crippen LogP contribution in [0.15, 0.2) is 34.9 Å². The Balaban J connectivity index is 2.03. The van der Waals surface area contributed by atoms with Crippen LogP contribution < -0.4 is 10.1 Å². The van der Waals surface area contributed by atoms with Crippen molar-refractivity contribution in [3.05, 3.63) is 41.8 Å². The van der Waals surface area contributed by atoms with Gasteiger partial charge in [0.25, 0.3) is 0 Å². The van der Waals surface area contributed by atoms with Crippen LogP contribution in [-0.4, -0.2) is 27.2 Å². The van der Waals surface area contributed by atoms with E-state index in [4.69, 9.17) is 9.26 Å². The highest BCUT2D eigenvalue weighted by Gasteiger charge is 2.17. The van der Waals surface area contributed by atoms with Crippen molar-refractivity contribution in [2.75, 3.05) is 12.4 Å². The molecule has 7 heteroatoms. The van der Waals surface area contributed by atoms with Gasteiger partial charge in [-0.1, -0.05) is 23.4 Å². The lowest BCUT2D eigenvalue weighted by Gasteiger charge is -2.08. The molecular formula is C15H15N5O2. The summed E-state index contributed by atoms with van der Waals surface area (Å²) in [5.41, 5.74) is 2.34. The molecule has 1 aromatic carbocycles. The number of rotatable bonds is 4. The van der Waals surface area contributed by atoms with Crippen LogP contribution in [-0.2, 0) is 0 Å². The lowest BCUT2D eigenvalue weighted by atomic mass is 10.2. The Morgan fingerprint density at radius 1 is 1.05 bits per heavy atom. The lowest BCUT2D eigenvalue weighted by molar-refractivity contribution is 0.379. The summed E-state index contributed by atoms with van der Waals surface area (Å²) in [4.78, 5) is 12.9. The van der Waals surface area contributed by atoms with Gasteiger partial charge < -0.3 is 14.6 Å². The number of methoxy groups -OCH3 is 1. The van der Waals surface area contributed by atoms with Crippen LogP contribution in [0.25, 0.3) is 11.4 Å². The Kier molecular flexibility index (Phi) is 3.69. The van der Waals surface area contributed by atoms with E-state index < -0.39 is 0 Å². The molecule has 7 nitrogen and oxygen atoms in total. The third kappa shape index (κ3) is 2.73. The van der Waals surface area contributed by atoms with Crippen molar-refractivity contribution in [2.24, 2.45) is 0 Å². The number of hydrogen-bond donors (Lipinski definition) is 1. The molecule has 0 amide bonds. The molecule has 0 saturated carbocycles. The molecule has 112 valence electrons. The minimum absolute atomic E-state index is 0.225. The smallest absolute Gasteiger partial charge is 0.321 e. The summed E-state index contributed by atoms with van der Waals surface area (Å²) in [6.45, 7) is 3.66. The number of nitrogens with one attached hydrogen (secondary N) is 1. The quantitative estimate of drug-likeness (QED) is 0.792. The van der Waals surface area contributed by atoms with Crippen molar-refractivity contribution < 1.29 is 9.26 Å². The maximum Gasteiger partial charge on any atom is 0.321 e. The summed E-state index contributed by atoms with van der Waals surface area (Å²) in [6.07, 6.45) is 0. The zero-order valence-corrected chi connectivity index (χ0v) is 12.5. The van der Waals surface area contributed by atoms with Crippen molar-refractivity contribution in [2.45, 2.75) is 13.8 Å². The molecule has 1 N–H and O–H groups in total. The van der Waals surface area contributed by atoms with Gasteiger partial charge in [0.15, 0.2) is 5.82 Å². The maximum atomic E-state index is 5.17. The molecule has 0 saturated heterocycles. The molecule has 3 rings (SSSR count). The van der Waals surface area contributed by atoms with Crippen molar-refractivity contribution in [3.8, 4) is 17.4 Å². The van der Waals surface area contributed by atoms with Crippen LogP contribution >= 0.6 is 0 Å². The number of hydrogen-bond acceptors (Lipinski definition) is 7. The fraction of sp³-hybridized carbons (Fsp3) is 0.200. The van der Waals surface area contributed by atoms with Gasteiger partial charge in [0.2, 0.25) is 5.95 Å². The number of aryl methyl sites for hydroxylation is 2. The van der Waals surface area contributed by atoms with Gasteiger partial charge in [-0.2, -0.15) is 15.0 Å². The van der Waals surface area contributed by atoms with Crippen LogP contribution in [0.5, 0.6) is 6.01 Å². The third-order valence-electron chi connectivity index (χ3n) is 3.08. The molecule has 0 aliphatic carbocycles. The lowest BCUT2D eigenvalue weighted by Crippen LogP contribution is -2.04. The molecule has 0 fully saturated rings. The molecule has 2 aromatic heterocycles. The minimum atomic E-state index is 0.225. The third-order valence-corrected chi connectivity index (χ3v) is 3.08. The van der Waals surface area contributed by atoms with Gasteiger partial charge in [-0.25, -0.2) is 0 Å². The number of benzene rings is 1. The molecular weight excluding hydrogens is 282 g/mol. The molecule has 0 unspecified atom stereocenters. The number of aromatic nitrogens is 4. The number of para-hydroxylation sites is 1. The van der Waals surface area contributed by atoms with E-state index in [1.165, 1.54) is 7.11 Å². The van der Waals surface area contributed by atoms with Crippen LogP contribution in [0.2, 0.25) is 0 Å². The van der Waals surface area contributed by atoms with E-state index in [0.29, 0.717) is 17.5 Å². The first-order chi connectivity index (χ1) is 10.7. The summed E-state index contributed by atoms with van der Waals surface area (Å²) >= 11 is 0. The highest BCUT2D eigenvalue weighted by molar-refractivity contribution is 5.62. The zero-order valence-electron chi connectivity index (χ0n) is 12.5. The van der Waals surface area contributed by atoms with Gasteiger partial charge in [-0.15, -0.1) is 0 Å². The molecule has 0 spiro atoms. The first-order valence-electron chi connectivity index (χ1n) is 6.73. The standard InChI is InChI=1S/C15H15N5O2/c1-9-12(10(2)22-20-9)13-17-14(19-15(18-13)21-3)16-11-7-5-4-6-8-11/h4-8H,1-3H3,(H,16,17,18,19). The fourth-order valence-electron chi connectivity index (χ4n) is 2.07. The Morgan fingerprint density at radius 3 is 2.45 bits per heavy atom. The van der Waals surface area contributed by atoms with Crippen molar-refractivity contribution >= 4 is 11.6 Å². The van der Waals surface area contributed by atoms with Gasteiger partial charge in [-0.05, 0) is 26.0 Å². The first kappa shape index (κ1) is 14.0. The molecule has 3 aromatic rings. The van der Waals surface area contributed by atoms with E-state index in [2.05, 4.69) is 25.4 Å². The van der Waals surface area contributed by atoms with E-state index >= 15 is 0 Å². The summed E-state index contributed by atoms with van der Waals surface area (Å²) in [6, 6.07) is 9.86. The Hall–Kier alpha value is -2.96. The van der Waals surface area contributed by atoms with E-state index in [-0.39, 0.29) is 6.01 Å². The van der Waals surface area contributed by atoms with Crippen molar-refractivity contribution in [3.63, 3.8) is 0 Å². The second-order valence-corrected chi connectivity index (χ2v) is 4.66. The monoisotopic (exact) mass is 297 g/mol. The second kappa shape index (κ2) is 5.80. The highest BCUT2D eigenvalue weighted by atomic mass is 16.5. The van der Waals surface area contributed by atoms with E-state index in [1.54, 1.807) is 0 Å². The number of ether oxygens (including phenoxy) is 1. The average Bonchev–Trinajstić information content (AvgIpc) is 2.87. The van der Waals surface area contributed by atoms with Gasteiger partial charge in [0, 0.05) is 5.69 Å². The first-order valence-corrected chi connectivity index (χ1v) is 6.73. The zero-order chi connectivity index (χ0) is 15.5. The molecule has 0 bridgehead atoms. The number of anilines is 2. The maximum absolute atomic E-state index is 5.17. The Labute approximate surface area is 127 Å². The van der Waals surface area contributed by atoms with Gasteiger partial charge in [-0.3, -0.25) is 0 Å². The van der Waals surface area contributed by atoms with Crippen molar-refractivity contribution in [1.82, 2.24) is 20.1 Å².